The van der Waals surface area contributed by atoms with Crippen molar-refractivity contribution in [3.63, 3.8) is 0 Å². The van der Waals surface area contributed by atoms with Gasteiger partial charge in [-0.3, -0.25) is 4.74 Å². The van der Waals surface area contributed by atoms with E-state index < -0.39 is 34.1 Å². The molecule has 0 saturated carbocycles. The van der Waals surface area contributed by atoms with E-state index in [4.69, 9.17) is 0 Å². The first-order valence-corrected chi connectivity index (χ1v) is 7.14. The summed E-state index contributed by atoms with van der Waals surface area (Å²) in [6.07, 6.45) is -12.7. The van der Waals surface area contributed by atoms with Crippen LogP contribution in [-0.4, -0.2) is 39.0 Å². The SMILES string of the molecule is CCCCOC(C)OC(F)(F)C(F)(F)OS(=O)(=O)C(F)(F)F. The van der Waals surface area contributed by atoms with Crippen molar-refractivity contribution in [2.45, 2.75) is 50.7 Å². The Balaban J connectivity index is 4.94. The van der Waals surface area contributed by atoms with Crippen LogP contribution in [0.25, 0.3) is 0 Å². The predicted molar refractivity (Wildman–Crippen MR) is 57.4 cm³/mol. The summed E-state index contributed by atoms with van der Waals surface area (Å²) in [7, 11) is -6.95. The predicted octanol–water partition coefficient (Wildman–Crippen LogP) is 3.22. The first-order chi connectivity index (χ1) is 9.66. The molecule has 0 N–H and O–H groups in total. The van der Waals surface area contributed by atoms with Gasteiger partial charge in [-0.15, -0.1) is 0 Å². The zero-order chi connectivity index (χ0) is 17.8. The minimum absolute atomic E-state index is 0.138. The van der Waals surface area contributed by atoms with Gasteiger partial charge in [-0.25, -0.2) is 0 Å². The highest BCUT2D eigenvalue weighted by molar-refractivity contribution is 7.87. The summed E-state index contributed by atoms with van der Waals surface area (Å²) < 4.78 is 119. The van der Waals surface area contributed by atoms with Crippen LogP contribution in [-0.2, 0) is 23.8 Å². The largest absolute Gasteiger partial charge is 0.523 e. The van der Waals surface area contributed by atoms with Crippen molar-refractivity contribution in [3.8, 4) is 0 Å². The van der Waals surface area contributed by atoms with Crippen LogP contribution in [0.1, 0.15) is 26.7 Å². The maximum Gasteiger partial charge on any atom is 0.523 e. The van der Waals surface area contributed by atoms with Crippen LogP contribution in [0.5, 0.6) is 0 Å². The van der Waals surface area contributed by atoms with E-state index in [9.17, 15) is 39.2 Å². The van der Waals surface area contributed by atoms with Crippen LogP contribution < -0.4 is 0 Å². The molecule has 0 aromatic carbocycles. The van der Waals surface area contributed by atoms with Crippen LogP contribution >= 0.6 is 0 Å². The number of alkyl halides is 7. The summed E-state index contributed by atoms with van der Waals surface area (Å²) in [4.78, 5) is 0. The van der Waals surface area contributed by atoms with Crippen molar-refractivity contribution < 1.29 is 52.8 Å². The number of hydrogen-bond acceptors (Lipinski definition) is 5. The van der Waals surface area contributed by atoms with Crippen molar-refractivity contribution in [1.29, 1.82) is 0 Å². The smallest absolute Gasteiger partial charge is 0.353 e. The standard InChI is InChI=1S/C9H13F7O5S/c1-3-4-5-19-6(2)20-7(10,11)8(12,13)21-22(17,18)9(14,15)16/h6H,3-5H2,1-2H3. The summed E-state index contributed by atoms with van der Waals surface area (Å²) in [6, 6.07) is 0. The maximum absolute atomic E-state index is 13.1. The molecule has 0 radical (unpaired) electrons. The molecule has 0 spiro atoms. The summed E-state index contributed by atoms with van der Waals surface area (Å²) in [5.41, 5.74) is -6.30. The fourth-order valence-electron chi connectivity index (χ4n) is 0.938. The lowest BCUT2D eigenvalue weighted by atomic mass is 10.4. The molecular weight excluding hydrogens is 353 g/mol. The van der Waals surface area contributed by atoms with Crippen LogP contribution in [0.3, 0.4) is 0 Å². The molecule has 1 atom stereocenters. The molecular formula is C9H13F7O5S. The quantitative estimate of drug-likeness (QED) is 0.206. The fourth-order valence-corrected chi connectivity index (χ4v) is 1.41. The van der Waals surface area contributed by atoms with E-state index in [1.165, 1.54) is 0 Å². The lowest BCUT2D eigenvalue weighted by molar-refractivity contribution is -0.434. The molecule has 0 rings (SSSR count). The van der Waals surface area contributed by atoms with Crippen molar-refractivity contribution in [2.24, 2.45) is 0 Å². The zero-order valence-electron chi connectivity index (χ0n) is 11.3. The third-order valence-corrected chi connectivity index (χ3v) is 3.00. The highest BCUT2D eigenvalue weighted by Gasteiger charge is 2.66. The summed E-state index contributed by atoms with van der Waals surface area (Å²) in [6.45, 7) is 2.35. The van der Waals surface area contributed by atoms with Gasteiger partial charge in [0.2, 0.25) is 0 Å². The molecule has 1 unspecified atom stereocenters. The molecule has 0 heterocycles. The third-order valence-electron chi connectivity index (χ3n) is 2.00. The van der Waals surface area contributed by atoms with Crippen LogP contribution in [0.2, 0.25) is 0 Å². The second-order valence-electron chi connectivity index (χ2n) is 3.93. The topological polar surface area (TPSA) is 61.8 Å². The zero-order valence-corrected chi connectivity index (χ0v) is 12.1. The summed E-state index contributed by atoms with van der Waals surface area (Å²) in [5, 5.41) is 0. The van der Waals surface area contributed by atoms with E-state index >= 15 is 0 Å². The second-order valence-corrected chi connectivity index (χ2v) is 5.46. The first kappa shape index (κ1) is 21.3. The molecule has 0 aromatic heterocycles. The molecule has 0 amide bonds. The Kier molecular flexibility index (Phi) is 7.06. The van der Waals surface area contributed by atoms with Crippen molar-refractivity contribution in [2.75, 3.05) is 6.61 Å². The average molecular weight is 366 g/mol. The van der Waals surface area contributed by atoms with E-state index in [2.05, 4.69) is 13.7 Å². The van der Waals surface area contributed by atoms with Crippen LogP contribution in [0.15, 0.2) is 0 Å². The van der Waals surface area contributed by atoms with E-state index in [0.29, 0.717) is 12.8 Å². The number of halogens is 7. The molecule has 5 nitrogen and oxygen atoms in total. The summed E-state index contributed by atoms with van der Waals surface area (Å²) >= 11 is 0. The normalized spacial score (nSPS) is 15.9. The number of ether oxygens (including phenoxy) is 2. The van der Waals surface area contributed by atoms with E-state index in [1.807, 2.05) is 0 Å². The highest BCUT2D eigenvalue weighted by atomic mass is 32.2. The van der Waals surface area contributed by atoms with Gasteiger partial charge in [0.25, 0.3) is 0 Å². The Morgan fingerprint density at radius 2 is 1.50 bits per heavy atom. The number of unbranched alkanes of at least 4 members (excludes halogenated alkanes) is 1. The molecule has 0 fully saturated rings. The van der Waals surface area contributed by atoms with Crippen molar-refractivity contribution in [1.82, 2.24) is 0 Å². The Morgan fingerprint density at radius 1 is 1.00 bits per heavy atom. The molecule has 0 aliphatic heterocycles. The molecule has 0 aromatic rings. The number of hydrogen-bond donors (Lipinski definition) is 0. The van der Waals surface area contributed by atoms with Gasteiger partial charge in [-0.1, -0.05) is 13.3 Å². The lowest BCUT2D eigenvalue weighted by Crippen LogP contribution is -2.49. The van der Waals surface area contributed by atoms with Gasteiger partial charge in [-0.05, 0) is 13.3 Å². The molecule has 0 bridgehead atoms. The molecule has 0 aliphatic carbocycles. The minimum Gasteiger partial charge on any atom is -0.353 e. The monoisotopic (exact) mass is 366 g/mol. The van der Waals surface area contributed by atoms with E-state index in [1.54, 1.807) is 6.92 Å². The maximum atomic E-state index is 13.1. The molecule has 134 valence electrons. The van der Waals surface area contributed by atoms with Crippen LogP contribution in [0.4, 0.5) is 30.7 Å². The minimum atomic E-state index is -6.95. The van der Waals surface area contributed by atoms with E-state index in [-0.39, 0.29) is 6.61 Å². The summed E-state index contributed by atoms with van der Waals surface area (Å²) in [5.74, 6) is 0. The molecule has 0 aliphatic rings. The van der Waals surface area contributed by atoms with Crippen molar-refractivity contribution >= 4 is 10.1 Å². The van der Waals surface area contributed by atoms with Crippen molar-refractivity contribution in [3.05, 3.63) is 0 Å². The molecule has 22 heavy (non-hydrogen) atoms. The van der Waals surface area contributed by atoms with Gasteiger partial charge >= 0.3 is 27.8 Å². The van der Waals surface area contributed by atoms with Gasteiger partial charge in [0.05, 0.1) is 0 Å². The Bertz CT molecular complexity index is 448. The Hall–Kier alpha value is -0.660. The van der Waals surface area contributed by atoms with Gasteiger partial charge in [0.15, 0.2) is 6.29 Å². The second kappa shape index (κ2) is 7.27. The molecule has 13 heteroatoms. The van der Waals surface area contributed by atoms with Crippen LogP contribution in [0, 0.1) is 0 Å². The first-order valence-electron chi connectivity index (χ1n) is 5.73. The lowest BCUT2D eigenvalue weighted by Gasteiger charge is -2.27. The average Bonchev–Trinajstić information content (AvgIpc) is 2.25. The fraction of sp³-hybridized carbons (Fsp3) is 1.00. The third kappa shape index (κ3) is 5.85. The van der Waals surface area contributed by atoms with Gasteiger partial charge in [-0.2, -0.15) is 43.3 Å². The Labute approximate surface area is 121 Å². The Morgan fingerprint density at radius 3 is 1.91 bits per heavy atom. The molecule has 0 saturated heterocycles. The highest BCUT2D eigenvalue weighted by Crippen LogP contribution is 2.41. The van der Waals surface area contributed by atoms with Gasteiger partial charge in [0, 0.05) is 6.61 Å². The van der Waals surface area contributed by atoms with E-state index in [0.717, 1.165) is 6.92 Å². The van der Waals surface area contributed by atoms with Gasteiger partial charge in [0.1, 0.15) is 0 Å². The number of rotatable bonds is 9. The van der Waals surface area contributed by atoms with Gasteiger partial charge < -0.3 is 4.74 Å².